The van der Waals surface area contributed by atoms with E-state index in [-0.39, 0.29) is 0 Å². The fourth-order valence-corrected chi connectivity index (χ4v) is 4.29. The van der Waals surface area contributed by atoms with Gasteiger partial charge < -0.3 is 9.47 Å². The summed E-state index contributed by atoms with van der Waals surface area (Å²) in [6.45, 7) is 8.71. The lowest BCUT2D eigenvalue weighted by Gasteiger charge is -2.18. The average Bonchev–Trinajstić information content (AvgIpc) is 3.38. The zero-order valence-corrected chi connectivity index (χ0v) is 16.7. The highest BCUT2D eigenvalue weighted by molar-refractivity contribution is 7.08. The van der Waals surface area contributed by atoms with E-state index in [2.05, 4.69) is 81.7 Å². The minimum atomic E-state index is 1.000. The first-order chi connectivity index (χ1) is 13.3. The highest BCUT2D eigenvalue weighted by Gasteiger charge is 2.12. The molecule has 0 N–H and O–H groups in total. The van der Waals surface area contributed by atoms with Crippen LogP contribution in [-0.4, -0.2) is 34.1 Å². The van der Waals surface area contributed by atoms with Crippen LogP contribution in [-0.2, 0) is 6.54 Å². The Labute approximate surface area is 164 Å². The predicted molar refractivity (Wildman–Crippen MR) is 116 cm³/mol. The number of para-hydroxylation sites is 1. The molecule has 3 heterocycles. The summed E-state index contributed by atoms with van der Waals surface area (Å²) >= 11 is 1.72. The Morgan fingerprint density at radius 3 is 2.59 bits per heavy atom. The second kappa shape index (κ2) is 8.07. The quantitative estimate of drug-likeness (QED) is 0.409. The van der Waals surface area contributed by atoms with Crippen LogP contribution in [0.15, 0.2) is 65.7 Å². The van der Waals surface area contributed by atoms with Gasteiger partial charge in [-0.2, -0.15) is 11.3 Å². The maximum absolute atomic E-state index is 4.52. The van der Waals surface area contributed by atoms with Gasteiger partial charge in [0.2, 0.25) is 0 Å². The molecule has 3 nitrogen and oxygen atoms in total. The Morgan fingerprint density at radius 1 is 1.00 bits per heavy atom. The van der Waals surface area contributed by atoms with Crippen LogP contribution in [0, 0.1) is 0 Å². The van der Waals surface area contributed by atoms with Crippen LogP contribution >= 0.6 is 11.3 Å². The van der Waals surface area contributed by atoms with Gasteiger partial charge in [-0.3, -0.25) is 4.98 Å². The number of likely N-dealkylation sites (N-methyl/N-ethyl adjacent to an activating group) is 1. The molecule has 0 aliphatic carbocycles. The molecule has 0 unspecified atom stereocenters. The molecular formula is C23H25N3S. The molecule has 0 spiro atoms. The van der Waals surface area contributed by atoms with Crippen molar-refractivity contribution in [1.82, 2.24) is 14.5 Å². The van der Waals surface area contributed by atoms with Crippen molar-refractivity contribution >= 4 is 22.2 Å². The van der Waals surface area contributed by atoms with Gasteiger partial charge >= 0.3 is 0 Å². The fourth-order valence-electron chi connectivity index (χ4n) is 3.62. The van der Waals surface area contributed by atoms with E-state index >= 15 is 0 Å². The van der Waals surface area contributed by atoms with E-state index in [4.69, 9.17) is 0 Å². The number of pyridine rings is 1. The van der Waals surface area contributed by atoms with Crippen molar-refractivity contribution in [2.24, 2.45) is 0 Å². The molecule has 0 amide bonds. The molecule has 4 heteroatoms. The SMILES string of the molecule is CCN(CC)CCn1cc(-c2cncc(-c3ccsc3)c2)c2ccccc21. The van der Waals surface area contributed by atoms with E-state index in [1.54, 1.807) is 11.3 Å². The molecular weight excluding hydrogens is 350 g/mol. The first-order valence-electron chi connectivity index (χ1n) is 9.58. The minimum Gasteiger partial charge on any atom is -0.346 e. The molecule has 138 valence electrons. The largest absolute Gasteiger partial charge is 0.346 e. The van der Waals surface area contributed by atoms with Crippen molar-refractivity contribution in [3.8, 4) is 22.3 Å². The molecule has 0 fully saturated rings. The van der Waals surface area contributed by atoms with Gasteiger partial charge in [0.25, 0.3) is 0 Å². The smallest absolute Gasteiger partial charge is 0.0487 e. The Hall–Kier alpha value is -2.43. The standard InChI is InChI=1S/C23H25N3S/c1-3-25(4-2)10-11-26-16-22(21-7-5-6-8-23(21)26)20-13-19(14-24-15-20)18-9-12-27-17-18/h5-9,12-17H,3-4,10-11H2,1-2H3. The van der Waals surface area contributed by atoms with Gasteiger partial charge in [0.15, 0.2) is 0 Å². The lowest BCUT2D eigenvalue weighted by Crippen LogP contribution is -2.26. The van der Waals surface area contributed by atoms with Crippen molar-refractivity contribution in [2.75, 3.05) is 19.6 Å². The Kier molecular flexibility index (Phi) is 5.37. The predicted octanol–water partition coefficient (Wildman–Crippen LogP) is 5.77. The molecule has 3 aromatic heterocycles. The lowest BCUT2D eigenvalue weighted by molar-refractivity contribution is 0.292. The summed E-state index contributed by atoms with van der Waals surface area (Å²) in [5.41, 5.74) is 6.14. The third-order valence-corrected chi connectivity index (χ3v) is 5.93. The number of aromatic nitrogens is 2. The molecule has 0 bridgehead atoms. The Bertz CT molecular complexity index is 1010. The maximum Gasteiger partial charge on any atom is 0.0487 e. The van der Waals surface area contributed by atoms with Crippen LogP contribution in [0.1, 0.15) is 13.8 Å². The second-order valence-electron chi connectivity index (χ2n) is 6.75. The van der Waals surface area contributed by atoms with E-state index < -0.39 is 0 Å². The number of fused-ring (bicyclic) bond motifs is 1. The molecule has 0 aliphatic heterocycles. The molecule has 4 rings (SSSR count). The third-order valence-electron chi connectivity index (χ3n) is 5.24. The van der Waals surface area contributed by atoms with E-state index in [1.807, 2.05) is 12.4 Å². The third kappa shape index (κ3) is 3.68. The second-order valence-corrected chi connectivity index (χ2v) is 7.53. The summed E-state index contributed by atoms with van der Waals surface area (Å²) in [7, 11) is 0. The molecule has 27 heavy (non-hydrogen) atoms. The number of nitrogens with zero attached hydrogens (tertiary/aromatic N) is 3. The number of thiophene rings is 1. The summed E-state index contributed by atoms with van der Waals surface area (Å²) in [4.78, 5) is 6.99. The summed E-state index contributed by atoms with van der Waals surface area (Å²) in [6, 6.07) is 13.1. The van der Waals surface area contributed by atoms with Crippen LogP contribution in [0.2, 0.25) is 0 Å². The minimum absolute atomic E-state index is 1.000. The highest BCUT2D eigenvalue weighted by atomic mass is 32.1. The Morgan fingerprint density at radius 2 is 1.81 bits per heavy atom. The van der Waals surface area contributed by atoms with Crippen LogP contribution in [0.4, 0.5) is 0 Å². The molecule has 4 aromatic rings. The molecule has 1 aromatic carbocycles. The van der Waals surface area contributed by atoms with Crippen molar-refractivity contribution < 1.29 is 0 Å². The van der Waals surface area contributed by atoms with Gasteiger partial charge in [-0.15, -0.1) is 0 Å². The van der Waals surface area contributed by atoms with Crippen molar-refractivity contribution in [3.05, 3.63) is 65.7 Å². The van der Waals surface area contributed by atoms with Crippen molar-refractivity contribution in [1.29, 1.82) is 0 Å². The van der Waals surface area contributed by atoms with Gasteiger partial charge in [0.05, 0.1) is 0 Å². The summed E-state index contributed by atoms with van der Waals surface area (Å²) in [5, 5.41) is 5.58. The Balaban J connectivity index is 1.73. The molecule has 0 radical (unpaired) electrons. The molecule has 0 atom stereocenters. The highest BCUT2D eigenvalue weighted by Crippen LogP contribution is 2.33. The van der Waals surface area contributed by atoms with E-state index in [0.717, 1.165) is 26.2 Å². The van der Waals surface area contributed by atoms with Crippen LogP contribution < -0.4 is 0 Å². The lowest BCUT2D eigenvalue weighted by atomic mass is 10.0. The number of hydrogen-bond acceptors (Lipinski definition) is 3. The van der Waals surface area contributed by atoms with Gasteiger partial charge in [-0.05, 0) is 47.6 Å². The first kappa shape index (κ1) is 18.0. The van der Waals surface area contributed by atoms with Crippen molar-refractivity contribution in [2.45, 2.75) is 20.4 Å². The van der Waals surface area contributed by atoms with Crippen LogP contribution in [0.25, 0.3) is 33.2 Å². The number of hydrogen-bond donors (Lipinski definition) is 0. The number of rotatable bonds is 7. The fraction of sp³-hybridized carbons (Fsp3) is 0.261. The normalized spacial score (nSPS) is 11.5. The zero-order chi connectivity index (χ0) is 18.6. The molecule has 0 aliphatic rings. The zero-order valence-electron chi connectivity index (χ0n) is 15.9. The maximum atomic E-state index is 4.52. The summed E-state index contributed by atoms with van der Waals surface area (Å²) in [5.74, 6) is 0. The first-order valence-corrected chi connectivity index (χ1v) is 10.5. The average molecular weight is 376 g/mol. The molecule has 0 saturated carbocycles. The van der Waals surface area contributed by atoms with E-state index in [1.165, 1.54) is 33.2 Å². The summed E-state index contributed by atoms with van der Waals surface area (Å²) < 4.78 is 2.39. The van der Waals surface area contributed by atoms with Crippen molar-refractivity contribution in [3.63, 3.8) is 0 Å². The number of benzene rings is 1. The van der Waals surface area contributed by atoms with Gasteiger partial charge in [0, 0.05) is 59.3 Å². The van der Waals surface area contributed by atoms with Gasteiger partial charge in [-0.1, -0.05) is 32.0 Å². The monoisotopic (exact) mass is 375 g/mol. The van der Waals surface area contributed by atoms with Crippen LogP contribution in [0.3, 0.4) is 0 Å². The topological polar surface area (TPSA) is 21.1 Å². The van der Waals surface area contributed by atoms with Gasteiger partial charge in [-0.25, -0.2) is 0 Å². The molecule has 0 saturated heterocycles. The van der Waals surface area contributed by atoms with Crippen LogP contribution in [0.5, 0.6) is 0 Å². The van der Waals surface area contributed by atoms with E-state index in [9.17, 15) is 0 Å². The summed E-state index contributed by atoms with van der Waals surface area (Å²) in [6.07, 6.45) is 6.22. The van der Waals surface area contributed by atoms with E-state index in [0.29, 0.717) is 0 Å². The van der Waals surface area contributed by atoms with Gasteiger partial charge in [0.1, 0.15) is 0 Å².